The van der Waals surface area contributed by atoms with Gasteiger partial charge in [0.25, 0.3) is 11.7 Å². The fourth-order valence-corrected chi connectivity index (χ4v) is 10.4. The number of fused-ring (bicyclic) bond motifs is 3. The molecule has 1 amide bonds. The lowest BCUT2D eigenvalue weighted by Crippen LogP contribution is -2.64. The Hall–Kier alpha value is -3.79. The number of alkyl halides is 1. The van der Waals surface area contributed by atoms with Crippen molar-refractivity contribution in [2.75, 3.05) is 34.5 Å². The molecular formula is C52H77FN2O11. The molecule has 3 fully saturated rings. The number of nitrogens with zero attached hydrogens (tertiary/aromatic N) is 1. The number of hydrogen-bond donors (Lipinski definition) is 2. The summed E-state index contributed by atoms with van der Waals surface area (Å²) in [5.74, 6) is -7.01. The summed E-state index contributed by atoms with van der Waals surface area (Å²) in [6.45, 7) is 11.3. The minimum atomic E-state index is -2.57. The third-order valence-electron chi connectivity index (χ3n) is 14.6. The molecule has 14 unspecified atom stereocenters. The number of aliphatic hydroxyl groups is 1. The molecule has 0 spiro atoms. The second kappa shape index (κ2) is 24.5. The minimum Gasteiger partial charge on any atom is -0.497 e. The highest BCUT2D eigenvalue weighted by atomic mass is 19.1. The van der Waals surface area contributed by atoms with Crippen LogP contribution in [0.25, 0.3) is 6.08 Å². The molecule has 368 valence electrons. The minimum absolute atomic E-state index is 0.0345. The summed E-state index contributed by atoms with van der Waals surface area (Å²) in [4.78, 5) is 58.3. The highest BCUT2D eigenvalue weighted by Crippen LogP contribution is 2.39. The second-order valence-corrected chi connectivity index (χ2v) is 19.4. The van der Waals surface area contributed by atoms with Crippen molar-refractivity contribution in [1.82, 2.24) is 4.90 Å². The number of benzene rings is 1. The van der Waals surface area contributed by atoms with Crippen LogP contribution in [0.4, 0.5) is 4.39 Å². The van der Waals surface area contributed by atoms with E-state index in [-0.39, 0.29) is 62.0 Å². The molecule has 5 rings (SSSR count). The van der Waals surface area contributed by atoms with E-state index < -0.39 is 77.8 Å². The fraction of sp³-hybridized carbons (Fsp3) is 0.692. The number of allylic oxidation sites excluding steroid dienone is 3. The first-order chi connectivity index (χ1) is 31.4. The van der Waals surface area contributed by atoms with E-state index >= 15 is 4.39 Å². The van der Waals surface area contributed by atoms with Crippen LogP contribution in [0, 0.1) is 29.6 Å². The molecule has 13 nitrogen and oxygen atoms in total. The number of carbonyl (C=O) groups is 4. The van der Waals surface area contributed by atoms with E-state index in [0.29, 0.717) is 44.3 Å². The molecule has 2 saturated heterocycles. The SMILES string of the molecule is CCC1/C=C(\C)C(F)C(C)CC(OC)C2OC(O)(C(=O)C(=O)N3CCCCC3C(=O)OC(C(C)=CC3CCC(N)C(OCC=Cc4ccc(OC)cc4)C3)C(C)CCC1=O)C(C)CC2OC. The van der Waals surface area contributed by atoms with E-state index in [9.17, 15) is 24.3 Å². The number of esters is 1. The summed E-state index contributed by atoms with van der Waals surface area (Å²) in [6.07, 6.45) is 7.78. The molecular weight excluding hydrogens is 848 g/mol. The number of methoxy groups -OCH3 is 3. The monoisotopic (exact) mass is 925 g/mol. The molecule has 1 aromatic rings. The molecule has 66 heavy (non-hydrogen) atoms. The summed E-state index contributed by atoms with van der Waals surface area (Å²) >= 11 is 0. The van der Waals surface area contributed by atoms with Crippen LogP contribution in [-0.4, -0.2) is 122 Å². The van der Waals surface area contributed by atoms with Gasteiger partial charge in [-0.1, -0.05) is 64.1 Å². The topological polar surface area (TPSA) is 173 Å². The number of piperidine rings is 1. The van der Waals surface area contributed by atoms with Crippen molar-refractivity contribution in [2.45, 2.75) is 167 Å². The quantitative estimate of drug-likeness (QED) is 0.135. The van der Waals surface area contributed by atoms with Crippen LogP contribution in [0.2, 0.25) is 0 Å². The van der Waals surface area contributed by atoms with Crippen molar-refractivity contribution >= 4 is 29.5 Å². The van der Waals surface area contributed by atoms with Gasteiger partial charge >= 0.3 is 5.97 Å². The Kier molecular flexibility index (Phi) is 19.7. The predicted molar refractivity (Wildman–Crippen MR) is 250 cm³/mol. The van der Waals surface area contributed by atoms with Gasteiger partial charge in [-0.15, -0.1) is 0 Å². The Morgan fingerprint density at radius 2 is 1.64 bits per heavy atom. The van der Waals surface area contributed by atoms with Crippen LogP contribution in [0.15, 0.2) is 53.6 Å². The number of hydrogen-bond acceptors (Lipinski definition) is 12. The fourth-order valence-electron chi connectivity index (χ4n) is 10.4. The van der Waals surface area contributed by atoms with Gasteiger partial charge in [-0.25, -0.2) is 9.18 Å². The Balaban J connectivity index is 1.44. The van der Waals surface area contributed by atoms with Gasteiger partial charge in [0, 0.05) is 45.1 Å². The van der Waals surface area contributed by atoms with E-state index in [2.05, 4.69) is 6.08 Å². The molecule has 14 atom stereocenters. The molecule has 1 aliphatic carbocycles. The highest BCUT2D eigenvalue weighted by Gasteiger charge is 2.56. The smallest absolute Gasteiger partial charge is 0.329 e. The van der Waals surface area contributed by atoms with Gasteiger partial charge in [0.15, 0.2) is 0 Å². The summed E-state index contributed by atoms with van der Waals surface area (Å²) in [6, 6.07) is 6.50. The van der Waals surface area contributed by atoms with Crippen LogP contribution in [0.1, 0.15) is 118 Å². The lowest BCUT2D eigenvalue weighted by Gasteiger charge is -2.47. The summed E-state index contributed by atoms with van der Waals surface area (Å²) in [5, 5.41) is 12.1. The average molecular weight is 925 g/mol. The highest BCUT2D eigenvalue weighted by molar-refractivity contribution is 6.39. The number of carbonyl (C=O) groups excluding carboxylic acids is 4. The van der Waals surface area contributed by atoms with E-state index in [1.54, 1.807) is 34.0 Å². The van der Waals surface area contributed by atoms with Crippen molar-refractivity contribution in [3.63, 3.8) is 0 Å². The van der Waals surface area contributed by atoms with Gasteiger partial charge in [-0.05, 0) is 125 Å². The zero-order chi connectivity index (χ0) is 48.3. The molecule has 3 aliphatic heterocycles. The van der Waals surface area contributed by atoms with E-state index in [4.69, 9.17) is 34.2 Å². The third-order valence-corrected chi connectivity index (χ3v) is 14.6. The molecule has 4 aliphatic rings. The first kappa shape index (κ1) is 53.2. The van der Waals surface area contributed by atoms with Gasteiger partial charge in [0.1, 0.15) is 36.0 Å². The maximum absolute atomic E-state index is 16.3. The molecule has 2 bridgehead atoms. The van der Waals surface area contributed by atoms with Crippen LogP contribution in [-0.2, 0) is 42.9 Å². The number of ether oxygens (including phenoxy) is 6. The van der Waals surface area contributed by atoms with Gasteiger partial charge in [0.05, 0.1) is 32.0 Å². The number of nitrogens with two attached hydrogens (primary N) is 1. The van der Waals surface area contributed by atoms with Crippen LogP contribution in [0.5, 0.6) is 5.75 Å². The summed E-state index contributed by atoms with van der Waals surface area (Å²) in [7, 11) is 4.56. The zero-order valence-corrected chi connectivity index (χ0v) is 40.7. The second-order valence-electron chi connectivity index (χ2n) is 19.4. The van der Waals surface area contributed by atoms with Crippen molar-refractivity contribution < 1.29 is 57.1 Å². The van der Waals surface area contributed by atoms with Crippen molar-refractivity contribution in [2.24, 2.45) is 35.3 Å². The molecule has 1 aromatic carbocycles. The van der Waals surface area contributed by atoms with Gasteiger partial charge in [-0.2, -0.15) is 0 Å². The van der Waals surface area contributed by atoms with Crippen molar-refractivity contribution in [1.29, 1.82) is 0 Å². The molecule has 1 saturated carbocycles. The first-order valence-electron chi connectivity index (χ1n) is 24.2. The zero-order valence-electron chi connectivity index (χ0n) is 40.7. The Morgan fingerprint density at radius 1 is 0.939 bits per heavy atom. The van der Waals surface area contributed by atoms with Crippen LogP contribution < -0.4 is 10.5 Å². The molecule has 0 aromatic heterocycles. The standard InChI is InChI=1S/C52H77FN2O11/c1-10-38-27-32(3)46(53)33(4)28-44(62-8)48-45(63-9)29-35(6)52(60,66-48)49(57)50(58)55-24-12-11-15-41(55)51(59)65-47(31(2)16-23-42(38)56)34(5)26-37-19-22-40(54)43(30-37)64-25-13-14-36-17-20-39(61-7)21-18-36/h13-14,17-18,20-21,26-27,31,33,35,37-38,40-41,43-48,60H,10-12,15-16,19,22-25,28-30,54H2,1-9H3/b14-13?,32-27+,34-26?. The molecule has 0 radical (unpaired) electrons. The lowest BCUT2D eigenvalue weighted by atomic mass is 9.81. The molecule has 3 N–H and O–H groups in total. The Bertz CT molecular complexity index is 1890. The van der Waals surface area contributed by atoms with Crippen LogP contribution in [0.3, 0.4) is 0 Å². The number of ketones is 2. The largest absolute Gasteiger partial charge is 0.497 e. The number of amides is 1. The molecule has 3 heterocycles. The van der Waals surface area contributed by atoms with Crippen LogP contribution >= 0.6 is 0 Å². The normalized spacial score (nSPS) is 37.1. The van der Waals surface area contributed by atoms with E-state index in [0.717, 1.165) is 29.7 Å². The third kappa shape index (κ3) is 13.0. The van der Waals surface area contributed by atoms with E-state index in [1.807, 2.05) is 57.2 Å². The maximum Gasteiger partial charge on any atom is 0.329 e. The summed E-state index contributed by atoms with van der Waals surface area (Å²) < 4.78 is 52.1. The van der Waals surface area contributed by atoms with Gasteiger partial charge in [-0.3, -0.25) is 14.4 Å². The Morgan fingerprint density at radius 3 is 2.30 bits per heavy atom. The summed E-state index contributed by atoms with van der Waals surface area (Å²) in [5.41, 5.74) is 8.81. The maximum atomic E-state index is 16.3. The number of cyclic esters (lactones) is 1. The van der Waals surface area contributed by atoms with Crippen molar-refractivity contribution in [3.05, 3.63) is 59.2 Å². The average Bonchev–Trinajstić information content (AvgIpc) is 3.32. The lowest BCUT2D eigenvalue weighted by molar-refractivity contribution is -0.302. The number of Topliss-reactive ketones (excluding diaryl/α,β-unsaturated/α-hetero) is 2. The Labute approximate surface area is 392 Å². The first-order valence-corrected chi connectivity index (χ1v) is 24.2. The van der Waals surface area contributed by atoms with Crippen molar-refractivity contribution in [3.8, 4) is 5.75 Å². The predicted octanol–water partition coefficient (Wildman–Crippen LogP) is 7.51. The van der Waals surface area contributed by atoms with E-state index in [1.165, 1.54) is 19.1 Å². The number of rotatable bonds is 10. The van der Waals surface area contributed by atoms with Gasteiger partial charge in [0.2, 0.25) is 5.79 Å². The number of halogens is 1. The molecule has 14 heteroatoms. The van der Waals surface area contributed by atoms with Gasteiger partial charge < -0.3 is 44.2 Å².